The molecule has 0 aromatic heterocycles. The van der Waals surface area contributed by atoms with Crippen LogP contribution in [0.5, 0.6) is 0 Å². The van der Waals surface area contributed by atoms with Gasteiger partial charge in [-0.25, -0.2) is 4.79 Å². The highest BCUT2D eigenvalue weighted by atomic mass is 35.5. The Hall–Kier alpha value is -4.25. The number of halogens is 1. The molecule has 1 heterocycles. The molecule has 1 atom stereocenters. The quantitative estimate of drug-likeness (QED) is 0.229. The molecule has 0 radical (unpaired) electrons. The second-order valence-corrected chi connectivity index (χ2v) is 9.94. The Kier molecular flexibility index (Phi) is 9.27. The van der Waals surface area contributed by atoms with Crippen LogP contribution in [0.3, 0.4) is 0 Å². The summed E-state index contributed by atoms with van der Waals surface area (Å²) in [7, 11) is 0. The van der Waals surface area contributed by atoms with Crippen LogP contribution >= 0.6 is 23.4 Å². The maximum absolute atomic E-state index is 13.6. The largest absolute Gasteiger partial charge is 0.458 e. The van der Waals surface area contributed by atoms with E-state index < -0.39 is 11.9 Å². The summed E-state index contributed by atoms with van der Waals surface area (Å²) in [4.78, 5) is 28.4. The van der Waals surface area contributed by atoms with Crippen molar-refractivity contribution in [3.05, 3.63) is 130 Å². The van der Waals surface area contributed by atoms with Gasteiger partial charge in [0.25, 0.3) is 0 Å². The minimum Gasteiger partial charge on any atom is -0.458 e. The molecule has 0 bridgehead atoms. The number of amides is 1. The van der Waals surface area contributed by atoms with E-state index in [0.717, 1.165) is 11.4 Å². The fourth-order valence-corrected chi connectivity index (χ4v) is 5.51. The maximum Gasteiger partial charge on any atom is 0.337 e. The predicted molar refractivity (Wildman–Crippen MR) is 156 cm³/mol. The molecule has 3 aromatic carbocycles. The van der Waals surface area contributed by atoms with E-state index in [9.17, 15) is 14.9 Å². The lowest BCUT2D eigenvalue weighted by Crippen LogP contribution is -2.31. The number of allylic oxidation sites excluding steroid dienone is 2. The van der Waals surface area contributed by atoms with Crippen molar-refractivity contribution in [2.45, 2.75) is 12.8 Å². The second kappa shape index (κ2) is 13.0. The fraction of sp³-hybridized carbons (Fsp3) is 0.129. The number of benzene rings is 3. The average Bonchev–Trinajstić information content (AvgIpc) is 2.96. The zero-order chi connectivity index (χ0) is 27.8. The molecule has 0 spiro atoms. The van der Waals surface area contributed by atoms with Gasteiger partial charge in [0.15, 0.2) is 0 Å². The number of esters is 1. The van der Waals surface area contributed by atoms with Crippen LogP contribution in [-0.2, 0) is 14.3 Å². The third-order valence-electron chi connectivity index (χ3n) is 6.03. The van der Waals surface area contributed by atoms with Gasteiger partial charge in [-0.05, 0) is 42.8 Å². The lowest BCUT2D eigenvalue weighted by molar-refractivity contribution is -0.138. The third-order valence-corrected chi connectivity index (χ3v) is 7.38. The summed E-state index contributed by atoms with van der Waals surface area (Å²) in [5, 5.41) is 14.4. The zero-order valence-electron chi connectivity index (χ0n) is 21.3. The van der Waals surface area contributed by atoms with Gasteiger partial charge in [-0.15, -0.1) is 0 Å². The van der Waals surface area contributed by atoms with Crippen LogP contribution in [0, 0.1) is 11.3 Å². The van der Waals surface area contributed by atoms with Crippen molar-refractivity contribution in [3.63, 3.8) is 0 Å². The number of hydrogen-bond acceptors (Lipinski definition) is 6. The van der Waals surface area contributed by atoms with Crippen molar-refractivity contribution in [2.75, 3.05) is 17.3 Å². The molecule has 1 N–H and O–H groups in total. The number of para-hydroxylation sites is 2. The molecule has 39 heavy (non-hydrogen) atoms. The Labute approximate surface area is 237 Å². The van der Waals surface area contributed by atoms with E-state index in [-0.39, 0.29) is 29.4 Å². The molecule has 0 saturated heterocycles. The maximum atomic E-state index is 13.6. The second-order valence-electron chi connectivity index (χ2n) is 8.55. The number of nitriles is 1. The van der Waals surface area contributed by atoms with Gasteiger partial charge in [-0.2, -0.15) is 5.26 Å². The van der Waals surface area contributed by atoms with Crippen LogP contribution in [-0.4, -0.2) is 24.2 Å². The lowest BCUT2D eigenvalue weighted by Gasteiger charge is -2.30. The molecule has 1 aliphatic heterocycles. The number of rotatable bonds is 9. The normalized spacial score (nSPS) is 14.7. The number of anilines is 2. The Morgan fingerprint density at radius 2 is 1.64 bits per heavy atom. The van der Waals surface area contributed by atoms with Gasteiger partial charge in [0.05, 0.1) is 33.9 Å². The van der Waals surface area contributed by atoms with E-state index in [0.29, 0.717) is 21.3 Å². The van der Waals surface area contributed by atoms with Gasteiger partial charge >= 0.3 is 5.97 Å². The fourth-order valence-electron chi connectivity index (χ4n) is 4.32. The van der Waals surface area contributed by atoms with Gasteiger partial charge in [0.1, 0.15) is 6.61 Å². The van der Waals surface area contributed by atoms with Gasteiger partial charge in [0, 0.05) is 22.1 Å². The minimum absolute atomic E-state index is 0.0291. The number of carbonyl (C=O) groups is 2. The molecular formula is C31H26ClN3O3S. The number of hydrogen-bond donors (Lipinski definition) is 1. The van der Waals surface area contributed by atoms with Gasteiger partial charge < -0.3 is 10.1 Å². The summed E-state index contributed by atoms with van der Waals surface area (Å²) in [5.41, 5.74) is 3.15. The lowest BCUT2D eigenvalue weighted by atomic mass is 9.82. The van der Waals surface area contributed by atoms with E-state index in [1.54, 1.807) is 36.1 Å². The molecule has 0 aliphatic carbocycles. The van der Waals surface area contributed by atoms with Crippen molar-refractivity contribution in [2.24, 2.45) is 0 Å². The van der Waals surface area contributed by atoms with Crippen LogP contribution in [0.25, 0.3) is 0 Å². The van der Waals surface area contributed by atoms with E-state index in [1.165, 1.54) is 17.8 Å². The first-order chi connectivity index (χ1) is 19.0. The van der Waals surface area contributed by atoms with Crippen LogP contribution in [0.15, 0.2) is 119 Å². The molecule has 6 nitrogen and oxygen atoms in total. The number of nitrogens with zero attached hydrogens (tertiary/aromatic N) is 2. The predicted octanol–water partition coefficient (Wildman–Crippen LogP) is 6.86. The van der Waals surface area contributed by atoms with Crippen LogP contribution in [0.2, 0.25) is 5.02 Å². The molecule has 0 unspecified atom stereocenters. The topological polar surface area (TPSA) is 82.4 Å². The molecule has 1 aliphatic rings. The minimum atomic E-state index is -0.765. The monoisotopic (exact) mass is 555 g/mol. The average molecular weight is 556 g/mol. The summed E-state index contributed by atoms with van der Waals surface area (Å²) >= 11 is 7.75. The Morgan fingerprint density at radius 3 is 2.21 bits per heavy atom. The van der Waals surface area contributed by atoms with Crippen molar-refractivity contribution < 1.29 is 14.3 Å². The first kappa shape index (κ1) is 27.8. The van der Waals surface area contributed by atoms with Crippen molar-refractivity contribution in [1.29, 1.82) is 5.26 Å². The summed E-state index contributed by atoms with van der Waals surface area (Å²) in [6, 6.07) is 28.1. The van der Waals surface area contributed by atoms with Crippen LogP contribution < -0.4 is 10.2 Å². The van der Waals surface area contributed by atoms with Crippen molar-refractivity contribution in [1.82, 2.24) is 5.32 Å². The first-order valence-electron chi connectivity index (χ1n) is 12.2. The Bertz CT molecular complexity index is 1440. The van der Waals surface area contributed by atoms with Crippen LogP contribution in [0.4, 0.5) is 11.4 Å². The Balaban J connectivity index is 1.69. The third kappa shape index (κ3) is 6.26. The molecule has 0 saturated carbocycles. The van der Waals surface area contributed by atoms with Gasteiger partial charge in [0.2, 0.25) is 5.91 Å². The molecule has 4 rings (SSSR count). The van der Waals surface area contributed by atoms with E-state index >= 15 is 0 Å². The smallest absolute Gasteiger partial charge is 0.337 e. The molecule has 8 heteroatoms. The first-order valence-corrected chi connectivity index (χ1v) is 13.5. The van der Waals surface area contributed by atoms with E-state index in [2.05, 4.69) is 18.0 Å². The zero-order valence-corrected chi connectivity index (χ0v) is 22.8. The Morgan fingerprint density at radius 1 is 1.05 bits per heavy atom. The molecule has 3 aromatic rings. The molecule has 0 fully saturated rings. The highest BCUT2D eigenvalue weighted by molar-refractivity contribution is 8.03. The standard InChI is InChI=1S/C31H26ClN3O3S/c1-3-18-38-31(37)28-21(2)34-30(25(19-33)29(28)24-16-10-11-17-26(24)32)39-20-27(36)35(22-12-6-4-7-13-22)23-14-8-5-9-15-23/h3-17,29,34H,1,18,20H2,2H3/t29-/m0/s1. The highest BCUT2D eigenvalue weighted by Gasteiger charge is 2.36. The van der Waals surface area contributed by atoms with Gasteiger partial charge in [-0.1, -0.05) is 90.6 Å². The summed E-state index contributed by atoms with van der Waals surface area (Å²) in [5.74, 6) is -1.47. The van der Waals surface area contributed by atoms with Gasteiger partial charge in [-0.3, -0.25) is 9.69 Å². The van der Waals surface area contributed by atoms with E-state index in [1.807, 2.05) is 60.7 Å². The number of carbonyl (C=O) groups excluding carboxylic acids is 2. The molecule has 196 valence electrons. The summed E-state index contributed by atoms with van der Waals surface area (Å²) in [6.45, 7) is 5.37. The number of nitrogens with one attached hydrogen (secondary N) is 1. The number of ether oxygens (including phenoxy) is 1. The summed E-state index contributed by atoms with van der Waals surface area (Å²) in [6.07, 6.45) is 1.48. The summed E-state index contributed by atoms with van der Waals surface area (Å²) < 4.78 is 5.35. The molecular weight excluding hydrogens is 530 g/mol. The molecule has 1 amide bonds. The highest BCUT2D eigenvalue weighted by Crippen LogP contribution is 2.43. The number of thioether (sulfide) groups is 1. The number of dihydropyridines is 1. The van der Waals surface area contributed by atoms with Crippen LogP contribution in [0.1, 0.15) is 18.4 Å². The van der Waals surface area contributed by atoms with Crippen molar-refractivity contribution in [3.8, 4) is 6.07 Å². The SMILES string of the molecule is C=CCOC(=O)C1=C(C)NC(SCC(=O)N(c2ccccc2)c2ccccc2)=C(C#N)[C@@H]1c1ccccc1Cl. The van der Waals surface area contributed by atoms with E-state index in [4.69, 9.17) is 16.3 Å². The van der Waals surface area contributed by atoms with Crippen molar-refractivity contribution >= 4 is 46.6 Å².